The van der Waals surface area contributed by atoms with Gasteiger partial charge < -0.3 is 19.3 Å². The van der Waals surface area contributed by atoms with E-state index >= 15 is 0 Å². The van der Waals surface area contributed by atoms with Crippen LogP contribution in [-0.2, 0) is 4.74 Å². The number of halogens is 1. The summed E-state index contributed by atoms with van der Waals surface area (Å²) in [5.74, 6) is 1.15. The zero-order valence-electron chi connectivity index (χ0n) is 27.4. The molecule has 0 aliphatic carbocycles. The molecular formula is C34H41ClN6O4. The number of nitrogens with zero attached hydrogens (tertiary/aromatic N) is 6. The van der Waals surface area contributed by atoms with E-state index < -0.39 is 11.3 Å². The van der Waals surface area contributed by atoms with Crippen LogP contribution in [0.4, 0.5) is 10.6 Å². The monoisotopic (exact) mass is 632 g/mol. The summed E-state index contributed by atoms with van der Waals surface area (Å²) in [5, 5.41) is 1.01. The molecular weight excluding hydrogens is 592 g/mol. The van der Waals surface area contributed by atoms with E-state index in [9.17, 15) is 9.59 Å². The fraction of sp³-hybridized carbons (Fsp3) is 0.441. The summed E-state index contributed by atoms with van der Waals surface area (Å²) in [6, 6.07) is 9.33. The second-order valence-corrected chi connectivity index (χ2v) is 13.3. The summed E-state index contributed by atoms with van der Waals surface area (Å²) in [7, 11) is 1.62. The number of fused-ring (bicyclic) bond motifs is 1. The first-order valence-corrected chi connectivity index (χ1v) is 15.6. The number of piperazine rings is 1. The summed E-state index contributed by atoms with van der Waals surface area (Å²) in [6.45, 7) is 16.8. The number of carbonyl (C=O) groups is 1. The Bertz CT molecular complexity index is 1830. The Morgan fingerprint density at radius 1 is 1.09 bits per heavy atom. The summed E-state index contributed by atoms with van der Waals surface area (Å²) >= 11 is 7.01. The molecule has 3 aromatic heterocycles. The maximum absolute atomic E-state index is 14.2. The van der Waals surface area contributed by atoms with Crippen LogP contribution < -0.4 is 15.3 Å². The third-order valence-electron chi connectivity index (χ3n) is 7.95. The topological polar surface area (TPSA) is 103 Å². The molecule has 0 unspecified atom stereocenters. The number of carbonyl (C=O) groups excluding carboxylic acids is 1. The average molecular weight is 633 g/mol. The van der Waals surface area contributed by atoms with Crippen LogP contribution >= 0.6 is 11.6 Å². The van der Waals surface area contributed by atoms with Crippen molar-refractivity contribution in [1.82, 2.24) is 24.4 Å². The molecule has 1 aliphatic heterocycles. The SMILES string of the molecule is COc1c(C)cccc1-c1nc2c(cc1Cl)c(N1CCN(C(=O)OC(C)(C)C)C[C@@H]1C)nc(=O)n2-c1c(C)ccnc1C(C)C. The molecule has 45 heavy (non-hydrogen) atoms. The van der Waals surface area contributed by atoms with Gasteiger partial charge in [0, 0.05) is 37.4 Å². The Morgan fingerprint density at radius 3 is 2.47 bits per heavy atom. The van der Waals surface area contributed by atoms with Crippen molar-refractivity contribution in [1.29, 1.82) is 0 Å². The number of ether oxygens (including phenoxy) is 2. The molecule has 5 rings (SSSR count). The molecule has 1 saturated heterocycles. The van der Waals surface area contributed by atoms with Crippen molar-refractivity contribution in [3.63, 3.8) is 0 Å². The highest BCUT2D eigenvalue weighted by Gasteiger charge is 2.33. The summed E-state index contributed by atoms with van der Waals surface area (Å²) in [4.78, 5) is 45.2. The lowest BCUT2D eigenvalue weighted by Gasteiger charge is -2.41. The highest BCUT2D eigenvalue weighted by molar-refractivity contribution is 6.34. The van der Waals surface area contributed by atoms with Gasteiger partial charge in [0.05, 0.1) is 34.6 Å². The average Bonchev–Trinajstić information content (AvgIpc) is 2.96. The fourth-order valence-corrected chi connectivity index (χ4v) is 6.13. The molecule has 0 spiro atoms. The van der Waals surface area contributed by atoms with Crippen LogP contribution in [0.15, 0.2) is 41.3 Å². The number of methoxy groups -OCH3 is 1. The number of rotatable bonds is 5. The summed E-state index contributed by atoms with van der Waals surface area (Å²) < 4.78 is 12.9. The van der Waals surface area contributed by atoms with Crippen molar-refractivity contribution in [2.24, 2.45) is 0 Å². The van der Waals surface area contributed by atoms with Gasteiger partial charge in [-0.2, -0.15) is 4.98 Å². The minimum absolute atomic E-state index is 0.0334. The normalized spacial score (nSPS) is 15.6. The summed E-state index contributed by atoms with van der Waals surface area (Å²) in [5.41, 5.74) is 3.76. The van der Waals surface area contributed by atoms with Gasteiger partial charge in [-0.25, -0.2) is 19.1 Å². The molecule has 4 aromatic rings. The van der Waals surface area contributed by atoms with E-state index in [-0.39, 0.29) is 18.1 Å². The number of para-hydroxylation sites is 1. The number of aromatic nitrogens is 4. The van der Waals surface area contributed by atoms with Crippen LogP contribution in [0.3, 0.4) is 0 Å². The smallest absolute Gasteiger partial charge is 0.410 e. The van der Waals surface area contributed by atoms with Crippen LogP contribution in [-0.4, -0.2) is 68.9 Å². The van der Waals surface area contributed by atoms with E-state index in [4.69, 9.17) is 26.1 Å². The Balaban J connectivity index is 1.75. The van der Waals surface area contributed by atoms with Crippen molar-refractivity contribution in [2.45, 2.75) is 73.0 Å². The van der Waals surface area contributed by atoms with Gasteiger partial charge >= 0.3 is 11.8 Å². The van der Waals surface area contributed by atoms with E-state index in [1.807, 2.05) is 90.6 Å². The van der Waals surface area contributed by atoms with Crippen molar-refractivity contribution >= 4 is 34.5 Å². The van der Waals surface area contributed by atoms with Crippen molar-refractivity contribution in [2.75, 3.05) is 31.6 Å². The number of benzene rings is 1. The lowest BCUT2D eigenvalue weighted by Crippen LogP contribution is -2.55. The standard InChI is InChI=1S/C34H41ClN6O4/c1-19(2)26-28(20(3)13-14-36-26)41-31-24(17-25(35)27(37-31)23-12-10-11-21(4)29(23)44-9)30(38-32(41)42)40-16-15-39(18-22(40)5)33(43)45-34(6,7)8/h10-14,17,19,22H,15-16,18H2,1-9H3/t22-/m0/s1. The number of amides is 1. The van der Waals surface area contributed by atoms with Crippen LogP contribution in [0, 0.1) is 13.8 Å². The first-order valence-electron chi connectivity index (χ1n) is 15.2. The van der Waals surface area contributed by atoms with E-state index in [2.05, 4.69) is 9.97 Å². The van der Waals surface area contributed by atoms with E-state index in [1.54, 1.807) is 22.8 Å². The zero-order valence-corrected chi connectivity index (χ0v) is 28.2. The van der Waals surface area contributed by atoms with Gasteiger partial charge in [0.2, 0.25) is 0 Å². The maximum atomic E-state index is 14.2. The van der Waals surface area contributed by atoms with E-state index in [0.717, 1.165) is 16.8 Å². The van der Waals surface area contributed by atoms with Gasteiger partial charge in [-0.05, 0) is 76.8 Å². The summed E-state index contributed by atoms with van der Waals surface area (Å²) in [6.07, 6.45) is 1.39. The van der Waals surface area contributed by atoms with Crippen molar-refractivity contribution < 1.29 is 14.3 Å². The third kappa shape index (κ3) is 6.20. The quantitative estimate of drug-likeness (QED) is 0.240. The largest absolute Gasteiger partial charge is 0.496 e. The van der Waals surface area contributed by atoms with Gasteiger partial charge in [0.15, 0.2) is 5.65 Å². The molecule has 1 aromatic carbocycles. The Kier molecular flexibility index (Phi) is 8.81. The molecule has 1 aliphatic rings. The van der Waals surface area contributed by atoms with E-state index in [1.165, 1.54) is 0 Å². The first-order chi connectivity index (χ1) is 21.2. The number of pyridine rings is 2. The molecule has 0 bridgehead atoms. The molecule has 10 nitrogen and oxygen atoms in total. The van der Waals surface area contributed by atoms with Gasteiger partial charge in [0.25, 0.3) is 0 Å². The molecule has 1 atom stereocenters. The highest BCUT2D eigenvalue weighted by atomic mass is 35.5. The minimum Gasteiger partial charge on any atom is -0.496 e. The maximum Gasteiger partial charge on any atom is 0.410 e. The number of hydrogen-bond acceptors (Lipinski definition) is 8. The first kappa shape index (κ1) is 32.2. The van der Waals surface area contributed by atoms with Crippen LogP contribution in [0.1, 0.15) is 64.3 Å². The second kappa shape index (κ2) is 12.3. The predicted octanol–water partition coefficient (Wildman–Crippen LogP) is 6.69. The highest BCUT2D eigenvalue weighted by Crippen LogP contribution is 2.39. The molecule has 0 radical (unpaired) electrons. The Morgan fingerprint density at radius 2 is 1.82 bits per heavy atom. The number of anilines is 1. The third-order valence-corrected chi connectivity index (χ3v) is 8.24. The second-order valence-electron chi connectivity index (χ2n) is 12.9. The van der Waals surface area contributed by atoms with Crippen LogP contribution in [0.2, 0.25) is 5.02 Å². The van der Waals surface area contributed by atoms with Crippen molar-refractivity contribution in [3.8, 4) is 22.7 Å². The fourth-order valence-electron chi connectivity index (χ4n) is 5.87. The van der Waals surface area contributed by atoms with Gasteiger partial charge in [0.1, 0.15) is 17.2 Å². The van der Waals surface area contributed by atoms with Crippen LogP contribution in [0.5, 0.6) is 5.75 Å². The zero-order chi connectivity index (χ0) is 32.8. The Labute approximate surface area is 269 Å². The number of aryl methyl sites for hydroxylation is 2. The molecule has 0 N–H and O–H groups in total. The van der Waals surface area contributed by atoms with Crippen LogP contribution in [0.25, 0.3) is 28.0 Å². The lowest BCUT2D eigenvalue weighted by molar-refractivity contribution is 0.0218. The van der Waals surface area contributed by atoms with Gasteiger partial charge in [-0.3, -0.25) is 4.98 Å². The van der Waals surface area contributed by atoms with Gasteiger partial charge in [-0.1, -0.05) is 37.6 Å². The van der Waals surface area contributed by atoms with E-state index in [0.29, 0.717) is 64.2 Å². The lowest BCUT2D eigenvalue weighted by atomic mass is 10.0. The molecule has 1 fully saturated rings. The predicted molar refractivity (Wildman–Crippen MR) is 178 cm³/mol. The van der Waals surface area contributed by atoms with Crippen molar-refractivity contribution in [3.05, 3.63) is 68.9 Å². The molecule has 238 valence electrons. The minimum atomic E-state index is -0.598. The molecule has 0 saturated carbocycles. The van der Waals surface area contributed by atoms with Gasteiger partial charge in [-0.15, -0.1) is 0 Å². The number of hydrogen-bond donors (Lipinski definition) is 0. The molecule has 11 heteroatoms. The molecule has 4 heterocycles. The Hall–Kier alpha value is -4.18. The molecule has 1 amide bonds.